The number of rotatable bonds is 5. The molecule has 128 valence electrons. The molecule has 1 heterocycles. The second kappa shape index (κ2) is 7.61. The smallest absolute Gasteiger partial charge is 0.217 e. The summed E-state index contributed by atoms with van der Waals surface area (Å²) in [7, 11) is -3.47. The largest absolute Gasteiger partial charge is 0.356 e. The van der Waals surface area contributed by atoms with E-state index in [1.54, 1.807) is 6.07 Å². The Morgan fingerprint density at radius 3 is 2.78 bits per heavy atom. The van der Waals surface area contributed by atoms with E-state index < -0.39 is 10.0 Å². The molecule has 1 aliphatic rings. The first-order valence-electron chi connectivity index (χ1n) is 7.62. The first-order chi connectivity index (χ1) is 10.6. The van der Waals surface area contributed by atoms with Gasteiger partial charge in [0.1, 0.15) is 11.4 Å². The normalized spacial score (nSPS) is 22.0. The summed E-state index contributed by atoms with van der Waals surface area (Å²) in [4.78, 5) is 0. The summed E-state index contributed by atoms with van der Waals surface area (Å²) in [6, 6.07) is 7.20. The van der Waals surface area contributed by atoms with Crippen molar-refractivity contribution >= 4 is 33.4 Å². The van der Waals surface area contributed by atoms with Crippen LogP contribution in [0.1, 0.15) is 31.4 Å². The van der Waals surface area contributed by atoms with Gasteiger partial charge in [0.25, 0.3) is 0 Å². The van der Waals surface area contributed by atoms with Crippen molar-refractivity contribution in [3.05, 3.63) is 30.0 Å². The monoisotopic (exact) mass is 359 g/mol. The predicted octanol–water partition coefficient (Wildman–Crippen LogP) is 2.19. The fraction of sp³-hybridized carbons (Fsp3) is 0.533. The van der Waals surface area contributed by atoms with Crippen LogP contribution in [0.25, 0.3) is 11.0 Å². The maximum atomic E-state index is 12.4. The quantitative estimate of drug-likeness (QED) is 0.852. The highest BCUT2D eigenvalue weighted by Gasteiger charge is 2.28. The minimum absolute atomic E-state index is 0. The lowest BCUT2D eigenvalue weighted by Crippen LogP contribution is -2.45. The predicted molar refractivity (Wildman–Crippen MR) is 91.8 cm³/mol. The van der Waals surface area contributed by atoms with Crippen LogP contribution in [0.15, 0.2) is 28.8 Å². The summed E-state index contributed by atoms with van der Waals surface area (Å²) < 4.78 is 32.9. The molecule has 0 amide bonds. The molecule has 1 fully saturated rings. The molecule has 6 nitrogen and oxygen atoms in total. The van der Waals surface area contributed by atoms with Crippen LogP contribution < -0.4 is 10.5 Å². The van der Waals surface area contributed by atoms with E-state index in [0.29, 0.717) is 17.8 Å². The third kappa shape index (κ3) is 4.23. The third-order valence-electron chi connectivity index (χ3n) is 4.32. The van der Waals surface area contributed by atoms with Gasteiger partial charge in [0.2, 0.25) is 10.0 Å². The molecule has 8 heteroatoms. The van der Waals surface area contributed by atoms with E-state index in [1.165, 1.54) is 0 Å². The molecule has 2 aromatic rings. The summed E-state index contributed by atoms with van der Waals surface area (Å²) in [5, 5.41) is 4.64. The van der Waals surface area contributed by atoms with Gasteiger partial charge < -0.3 is 10.3 Å². The highest BCUT2D eigenvalue weighted by molar-refractivity contribution is 7.88. The molecule has 1 saturated carbocycles. The Kier molecular flexibility index (Phi) is 6.02. The summed E-state index contributed by atoms with van der Waals surface area (Å²) in [6.45, 7) is 0.514. The standard InChI is InChI=1S/C15H21N3O3S.ClH/c16-9-11-5-1-3-7-13(11)18-22(19,20)10-14-12-6-2-4-8-15(12)21-17-14;/h2,4,6,8,11,13,18H,1,3,5,7,9-10,16H2;1H. The van der Waals surface area contributed by atoms with E-state index in [0.717, 1.165) is 31.1 Å². The molecule has 0 saturated heterocycles. The third-order valence-corrected chi connectivity index (χ3v) is 5.64. The lowest BCUT2D eigenvalue weighted by Gasteiger charge is -2.30. The van der Waals surface area contributed by atoms with Gasteiger partial charge in [-0.1, -0.05) is 30.1 Å². The van der Waals surface area contributed by atoms with Gasteiger partial charge in [-0.15, -0.1) is 12.4 Å². The van der Waals surface area contributed by atoms with E-state index in [1.807, 2.05) is 18.2 Å². The van der Waals surface area contributed by atoms with Crippen molar-refractivity contribution in [2.45, 2.75) is 37.5 Å². The fourth-order valence-electron chi connectivity index (χ4n) is 3.14. The molecule has 23 heavy (non-hydrogen) atoms. The first kappa shape index (κ1) is 18.2. The van der Waals surface area contributed by atoms with Gasteiger partial charge in [-0.2, -0.15) is 0 Å². The van der Waals surface area contributed by atoms with Crippen LogP contribution in [0.2, 0.25) is 0 Å². The topological polar surface area (TPSA) is 98.2 Å². The molecule has 2 unspecified atom stereocenters. The number of sulfonamides is 1. The number of fused-ring (bicyclic) bond motifs is 1. The SMILES string of the molecule is Cl.NCC1CCCCC1NS(=O)(=O)Cc1noc2ccccc12. The molecule has 3 N–H and O–H groups in total. The minimum atomic E-state index is -3.47. The van der Waals surface area contributed by atoms with E-state index in [9.17, 15) is 8.42 Å². The number of hydrogen-bond acceptors (Lipinski definition) is 5. The number of nitrogens with one attached hydrogen (secondary N) is 1. The molecular weight excluding hydrogens is 338 g/mol. The van der Waals surface area contributed by atoms with E-state index in [-0.39, 0.29) is 30.1 Å². The summed E-state index contributed by atoms with van der Waals surface area (Å²) in [6.07, 6.45) is 3.99. The zero-order valence-electron chi connectivity index (χ0n) is 12.8. The Morgan fingerprint density at radius 1 is 1.26 bits per heavy atom. The van der Waals surface area contributed by atoms with Crippen molar-refractivity contribution in [3.63, 3.8) is 0 Å². The average molecular weight is 360 g/mol. The maximum absolute atomic E-state index is 12.4. The van der Waals surface area contributed by atoms with Crippen molar-refractivity contribution < 1.29 is 12.9 Å². The fourth-order valence-corrected chi connectivity index (χ4v) is 4.56. The van der Waals surface area contributed by atoms with Gasteiger partial charge in [0.05, 0.1) is 0 Å². The number of nitrogens with two attached hydrogens (primary N) is 1. The zero-order chi connectivity index (χ0) is 15.6. The van der Waals surface area contributed by atoms with Crippen molar-refractivity contribution in [2.75, 3.05) is 6.54 Å². The number of para-hydroxylation sites is 1. The Bertz CT molecular complexity index is 747. The summed E-state index contributed by atoms with van der Waals surface area (Å²) in [5.41, 5.74) is 6.81. The van der Waals surface area contributed by atoms with Gasteiger partial charge in [-0.05, 0) is 37.4 Å². The number of benzene rings is 1. The van der Waals surface area contributed by atoms with Crippen molar-refractivity contribution in [3.8, 4) is 0 Å². The van der Waals surface area contributed by atoms with Crippen molar-refractivity contribution in [2.24, 2.45) is 11.7 Å². The first-order valence-corrected chi connectivity index (χ1v) is 9.27. The van der Waals surface area contributed by atoms with Crippen molar-refractivity contribution in [1.82, 2.24) is 9.88 Å². The summed E-state index contributed by atoms with van der Waals surface area (Å²) >= 11 is 0. The number of aromatic nitrogens is 1. The zero-order valence-corrected chi connectivity index (χ0v) is 14.4. The Labute approximate surface area is 142 Å². The van der Waals surface area contributed by atoms with Crippen LogP contribution in [-0.2, 0) is 15.8 Å². The molecule has 0 radical (unpaired) electrons. The van der Waals surface area contributed by atoms with Crippen LogP contribution in [0.5, 0.6) is 0 Å². The van der Waals surface area contributed by atoms with E-state index in [2.05, 4.69) is 9.88 Å². The lowest BCUT2D eigenvalue weighted by atomic mass is 9.85. The number of nitrogens with zero attached hydrogens (tertiary/aromatic N) is 1. The molecule has 2 atom stereocenters. The maximum Gasteiger partial charge on any atom is 0.217 e. The van der Waals surface area contributed by atoms with Gasteiger partial charge >= 0.3 is 0 Å². The Hall–Kier alpha value is -1.15. The average Bonchev–Trinajstić information content (AvgIpc) is 2.90. The van der Waals surface area contributed by atoms with Crippen LogP contribution in [-0.4, -0.2) is 26.2 Å². The van der Waals surface area contributed by atoms with Gasteiger partial charge in [-0.25, -0.2) is 13.1 Å². The van der Waals surface area contributed by atoms with Crippen LogP contribution in [0.4, 0.5) is 0 Å². The molecule has 1 aromatic carbocycles. The molecule has 3 rings (SSSR count). The van der Waals surface area contributed by atoms with Crippen molar-refractivity contribution in [1.29, 1.82) is 0 Å². The van der Waals surface area contributed by atoms with E-state index in [4.69, 9.17) is 10.3 Å². The molecule has 1 aliphatic carbocycles. The Balaban J connectivity index is 0.00000192. The Morgan fingerprint density at radius 2 is 2.00 bits per heavy atom. The van der Waals surface area contributed by atoms with Gasteiger partial charge in [0.15, 0.2) is 5.58 Å². The van der Waals surface area contributed by atoms with Crippen LogP contribution >= 0.6 is 12.4 Å². The van der Waals surface area contributed by atoms with E-state index >= 15 is 0 Å². The lowest BCUT2D eigenvalue weighted by molar-refractivity contribution is 0.296. The minimum Gasteiger partial charge on any atom is -0.356 e. The highest BCUT2D eigenvalue weighted by atomic mass is 35.5. The van der Waals surface area contributed by atoms with Gasteiger partial charge in [0, 0.05) is 11.4 Å². The highest BCUT2D eigenvalue weighted by Crippen LogP contribution is 2.25. The second-order valence-electron chi connectivity index (χ2n) is 5.89. The number of hydrogen-bond donors (Lipinski definition) is 2. The molecular formula is C15H22ClN3O3S. The number of halogens is 1. The van der Waals surface area contributed by atoms with Gasteiger partial charge in [-0.3, -0.25) is 0 Å². The molecule has 1 aromatic heterocycles. The van der Waals surface area contributed by atoms with Crippen LogP contribution in [0.3, 0.4) is 0 Å². The summed E-state index contributed by atoms with van der Waals surface area (Å²) in [5.74, 6) is 0.0511. The molecule has 0 spiro atoms. The van der Waals surface area contributed by atoms with Crippen LogP contribution in [0, 0.1) is 5.92 Å². The second-order valence-corrected chi connectivity index (χ2v) is 7.64. The molecule has 0 aliphatic heterocycles. The molecule has 0 bridgehead atoms.